The van der Waals surface area contributed by atoms with E-state index in [9.17, 15) is 4.79 Å². The summed E-state index contributed by atoms with van der Waals surface area (Å²) in [6, 6.07) is 5.13. The molecular formula is C15H17Cl2N5O4. The molecule has 140 valence electrons. The van der Waals surface area contributed by atoms with Gasteiger partial charge < -0.3 is 25.3 Å². The van der Waals surface area contributed by atoms with Crippen molar-refractivity contribution in [2.75, 3.05) is 44.5 Å². The van der Waals surface area contributed by atoms with Gasteiger partial charge in [0.15, 0.2) is 5.82 Å². The van der Waals surface area contributed by atoms with Crippen molar-refractivity contribution >= 4 is 41.1 Å². The van der Waals surface area contributed by atoms with Crippen molar-refractivity contribution < 1.29 is 19.0 Å². The molecule has 0 radical (unpaired) electrons. The fourth-order valence-electron chi connectivity index (χ4n) is 1.87. The monoisotopic (exact) mass is 401 g/mol. The van der Waals surface area contributed by atoms with Gasteiger partial charge in [0.05, 0.1) is 30.4 Å². The average molecular weight is 402 g/mol. The van der Waals surface area contributed by atoms with Gasteiger partial charge in [-0.15, -0.1) is 10.2 Å². The second-order valence-electron chi connectivity index (χ2n) is 4.81. The van der Waals surface area contributed by atoms with Crippen LogP contribution in [-0.2, 0) is 14.2 Å². The quantitative estimate of drug-likeness (QED) is 0.507. The molecular weight excluding hydrogens is 385 g/mol. The number of carbonyl (C=O) groups is 1. The van der Waals surface area contributed by atoms with E-state index in [-0.39, 0.29) is 25.0 Å². The molecule has 0 bridgehead atoms. The highest BCUT2D eigenvalue weighted by molar-refractivity contribution is 6.43. The van der Waals surface area contributed by atoms with E-state index in [2.05, 4.69) is 30.0 Å². The minimum absolute atomic E-state index is 0.104. The SMILES string of the molecule is COC(=O)OCCOCCNc1nnc(-c2cccc(Cl)c2Cl)c(N)n1. The van der Waals surface area contributed by atoms with Gasteiger partial charge in [-0.25, -0.2) is 4.79 Å². The van der Waals surface area contributed by atoms with E-state index in [0.29, 0.717) is 34.5 Å². The molecule has 3 N–H and O–H groups in total. The molecule has 0 atom stereocenters. The molecule has 0 saturated carbocycles. The number of halogens is 2. The van der Waals surface area contributed by atoms with Crippen LogP contribution in [0.2, 0.25) is 10.0 Å². The third-order valence-corrected chi connectivity index (χ3v) is 3.88. The van der Waals surface area contributed by atoms with Crippen LogP contribution in [0.25, 0.3) is 11.3 Å². The Hall–Kier alpha value is -2.36. The van der Waals surface area contributed by atoms with E-state index in [1.807, 2.05) is 0 Å². The number of anilines is 2. The van der Waals surface area contributed by atoms with Crippen LogP contribution in [0, 0.1) is 0 Å². The van der Waals surface area contributed by atoms with Crippen molar-refractivity contribution in [3.63, 3.8) is 0 Å². The molecule has 0 aliphatic carbocycles. The van der Waals surface area contributed by atoms with Gasteiger partial charge >= 0.3 is 6.16 Å². The lowest BCUT2D eigenvalue weighted by molar-refractivity contribution is 0.0398. The zero-order valence-corrected chi connectivity index (χ0v) is 15.4. The summed E-state index contributed by atoms with van der Waals surface area (Å²) in [5, 5.41) is 11.7. The lowest BCUT2D eigenvalue weighted by Crippen LogP contribution is -2.16. The summed E-state index contributed by atoms with van der Waals surface area (Å²) in [5.74, 6) is 0.415. The van der Waals surface area contributed by atoms with Gasteiger partial charge in [0.2, 0.25) is 5.95 Å². The largest absolute Gasteiger partial charge is 0.508 e. The van der Waals surface area contributed by atoms with Gasteiger partial charge in [-0.05, 0) is 6.07 Å². The Morgan fingerprint density at radius 2 is 2.04 bits per heavy atom. The summed E-state index contributed by atoms with van der Waals surface area (Å²) < 4.78 is 14.3. The summed E-state index contributed by atoms with van der Waals surface area (Å²) in [5.41, 5.74) is 6.84. The molecule has 9 nitrogen and oxygen atoms in total. The molecule has 2 rings (SSSR count). The number of nitrogens with zero attached hydrogens (tertiary/aromatic N) is 3. The summed E-state index contributed by atoms with van der Waals surface area (Å²) in [6.45, 7) is 1.10. The van der Waals surface area contributed by atoms with E-state index in [1.54, 1.807) is 18.2 Å². The highest BCUT2D eigenvalue weighted by Gasteiger charge is 2.13. The Labute approximate surface area is 159 Å². The third kappa shape index (κ3) is 5.58. The number of ether oxygens (including phenoxy) is 3. The Balaban J connectivity index is 1.82. The fourth-order valence-corrected chi connectivity index (χ4v) is 2.26. The number of hydrogen-bond donors (Lipinski definition) is 2. The first kappa shape index (κ1) is 20.0. The van der Waals surface area contributed by atoms with Crippen molar-refractivity contribution in [2.24, 2.45) is 0 Å². The van der Waals surface area contributed by atoms with Crippen LogP contribution in [0.1, 0.15) is 0 Å². The normalized spacial score (nSPS) is 10.4. The number of benzene rings is 1. The number of methoxy groups -OCH3 is 1. The standard InChI is InChI=1S/C15H17Cl2N5O4/c1-24-15(23)26-8-7-25-6-5-19-14-20-13(18)12(21-22-14)9-3-2-4-10(16)11(9)17/h2-4H,5-8H2,1H3,(H3,18,19,20,22). The van der Waals surface area contributed by atoms with Crippen molar-refractivity contribution in [2.45, 2.75) is 0 Å². The van der Waals surface area contributed by atoms with Crippen LogP contribution in [0.5, 0.6) is 0 Å². The summed E-state index contributed by atoms with van der Waals surface area (Å²) in [7, 11) is 1.23. The number of rotatable bonds is 8. The highest BCUT2D eigenvalue weighted by Crippen LogP contribution is 2.34. The third-order valence-electron chi connectivity index (χ3n) is 3.06. The summed E-state index contributed by atoms with van der Waals surface area (Å²) >= 11 is 12.1. The smallest absolute Gasteiger partial charge is 0.438 e. The van der Waals surface area contributed by atoms with E-state index in [1.165, 1.54) is 7.11 Å². The molecule has 0 spiro atoms. The molecule has 11 heteroatoms. The van der Waals surface area contributed by atoms with Gasteiger partial charge in [-0.3, -0.25) is 0 Å². The first-order valence-corrected chi connectivity index (χ1v) is 8.25. The predicted octanol–water partition coefficient (Wildman–Crippen LogP) is 2.64. The molecule has 0 aliphatic heterocycles. The maximum absolute atomic E-state index is 10.7. The number of nitrogens with two attached hydrogens (primary N) is 1. The number of nitrogen functional groups attached to an aromatic ring is 1. The van der Waals surface area contributed by atoms with Crippen LogP contribution in [0.4, 0.5) is 16.6 Å². The molecule has 2 aromatic rings. The Morgan fingerprint density at radius 3 is 2.77 bits per heavy atom. The maximum Gasteiger partial charge on any atom is 0.508 e. The zero-order valence-electron chi connectivity index (χ0n) is 13.9. The molecule has 0 aliphatic rings. The average Bonchev–Trinajstić information content (AvgIpc) is 2.63. The highest BCUT2D eigenvalue weighted by atomic mass is 35.5. The van der Waals surface area contributed by atoms with Crippen molar-refractivity contribution in [1.82, 2.24) is 15.2 Å². The number of hydrogen-bond acceptors (Lipinski definition) is 9. The molecule has 26 heavy (non-hydrogen) atoms. The lowest BCUT2D eigenvalue weighted by Gasteiger charge is -2.09. The van der Waals surface area contributed by atoms with Gasteiger partial charge in [-0.2, -0.15) is 4.98 Å². The molecule has 0 amide bonds. The minimum Gasteiger partial charge on any atom is -0.438 e. The van der Waals surface area contributed by atoms with Crippen molar-refractivity contribution in [1.29, 1.82) is 0 Å². The first-order chi connectivity index (χ1) is 12.5. The van der Waals surface area contributed by atoms with E-state index in [4.69, 9.17) is 33.7 Å². The molecule has 1 heterocycles. The molecule has 0 unspecified atom stereocenters. The van der Waals surface area contributed by atoms with Gasteiger partial charge in [-0.1, -0.05) is 35.3 Å². The van der Waals surface area contributed by atoms with Gasteiger partial charge in [0.25, 0.3) is 0 Å². The topological polar surface area (TPSA) is 121 Å². The second-order valence-corrected chi connectivity index (χ2v) is 5.60. The Bertz CT molecular complexity index is 763. The predicted molar refractivity (Wildman–Crippen MR) is 97.4 cm³/mol. The fraction of sp³-hybridized carbons (Fsp3) is 0.333. The molecule has 0 saturated heterocycles. The van der Waals surface area contributed by atoms with Crippen LogP contribution in [-0.4, -0.2) is 54.8 Å². The van der Waals surface area contributed by atoms with Gasteiger partial charge in [0, 0.05) is 12.1 Å². The minimum atomic E-state index is -0.749. The summed E-state index contributed by atoms with van der Waals surface area (Å²) in [4.78, 5) is 14.9. The zero-order chi connectivity index (χ0) is 18.9. The van der Waals surface area contributed by atoms with Crippen LogP contribution in [0.3, 0.4) is 0 Å². The number of nitrogens with one attached hydrogen (secondary N) is 1. The molecule has 0 fully saturated rings. The van der Waals surface area contributed by atoms with Crippen LogP contribution >= 0.6 is 23.2 Å². The molecule has 1 aromatic heterocycles. The second kappa shape index (κ2) is 9.95. The van der Waals surface area contributed by atoms with E-state index >= 15 is 0 Å². The Kier molecular flexibility index (Phi) is 7.64. The Morgan fingerprint density at radius 1 is 1.23 bits per heavy atom. The van der Waals surface area contributed by atoms with Gasteiger partial charge in [0.1, 0.15) is 12.3 Å². The number of aromatic nitrogens is 3. The van der Waals surface area contributed by atoms with Crippen LogP contribution in [0.15, 0.2) is 18.2 Å². The van der Waals surface area contributed by atoms with Crippen LogP contribution < -0.4 is 11.1 Å². The van der Waals surface area contributed by atoms with Crippen molar-refractivity contribution in [3.8, 4) is 11.3 Å². The summed E-state index contributed by atoms with van der Waals surface area (Å²) in [6.07, 6.45) is -0.749. The lowest BCUT2D eigenvalue weighted by atomic mass is 10.1. The van der Waals surface area contributed by atoms with E-state index < -0.39 is 6.16 Å². The maximum atomic E-state index is 10.7. The number of carbonyl (C=O) groups excluding carboxylic acids is 1. The first-order valence-electron chi connectivity index (χ1n) is 7.50. The molecule has 1 aromatic carbocycles. The van der Waals surface area contributed by atoms with Crippen molar-refractivity contribution in [3.05, 3.63) is 28.2 Å². The van der Waals surface area contributed by atoms with E-state index in [0.717, 1.165) is 0 Å².